The fraction of sp³-hybridized carbons (Fsp3) is 0.429. The fourth-order valence-corrected chi connectivity index (χ4v) is 2.78. The van der Waals surface area contributed by atoms with Crippen molar-refractivity contribution in [2.24, 2.45) is 5.73 Å². The van der Waals surface area contributed by atoms with Gasteiger partial charge in [-0.3, -0.25) is 0 Å². The summed E-state index contributed by atoms with van der Waals surface area (Å²) in [6, 6.07) is 10.1. The molecule has 0 amide bonds. The number of hydrogen-bond donors (Lipinski definition) is 1. The first kappa shape index (κ1) is 14.9. The highest BCUT2D eigenvalue weighted by Crippen LogP contribution is 2.21. The zero-order valence-electron chi connectivity index (χ0n) is 11.8. The van der Waals surface area contributed by atoms with Crippen LogP contribution in [0, 0.1) is 0 Å². The Kier molecular flexibility index (Phi) is 5.43. The highest BCUT2D eigenvalue weighted by molar-refractivity contribution is 7.99. The molecule has 0 radical (unpaired) electrons. The van der Waals surface area contributed by atoms with Crippen LogP contribution in [-0.4, -0.2) is 27.1 Å². The van der Waals surface area contributed by atoms with Gasteiger partial charge in [-0.05, 0) is 26.0 Å². The van der Waals surface area contributed by atoms with Crippen LogP contribution < -0.4 is 10.5 Å². The van der Waals surface area contributed by atoms with Gasteiger partial charge < -0.3 is 15.0 Å². The van der Waals surface area contributed by atoms with E-state index >= 15 is 0 Å². The minimum absolute atomic E-state index is 0.307. The van der Waals surface area contributed by atoms with Gasteiger partial charge in [-0.1, -0.05) is 30.0 Å². The van der Waals surface area contributed by atoms with Crippen molar-refractivity contribution in [1.82, 2.24) is 14.8 Å². The van der Waals surface area contributed by atoms with Crippen molar-refractivity contribution < 1.29 is 4.74 Å². The molecule has 20 heavy (non-hydrogen) atoms. The topological polar surface area (TPSA) is 66.0 Å². The largest absolute Gasteiger partial charge is 0.493 e. The Balaban J connectivity index is 1.87. The molecule has 0 aliphatic heterocycles. The molecular formula is C14H20N4OS. The molecule has 1 heterocycles. The van der Waals surface area contributed by atoms with Crippen LogP contribution in [0.1, 0.15) is 25.7 Å². The van der Waals surface area contributed by atoms with E-state index in [1.165, 1.54) is 0 Å². The van der Waals surface area contributed by atoms with Crippen LogP contribution >= 0.6 is 11.8 Å². The van der Waals surface area contributed by atoms with Gasteiger partial charge >= 0.3 is 0 Å². The van der Waals surface area contributed by atoms with Crippen molar-refractivity contribution in [2.75, 3.05) is 12.4 Å². The molecule has 0 aliphatic rings. The van der Waals surface area contributed by atoms with Gasteiger partial charge in [0.15, 0.2) is 5.16 Å². The summed E-state index contributed by atoms with van der Waals surface area (Å²) in [5.41, 5.74) is 5.68. The van der Waals surface area contributed by atoms with Crippen molar-refractivity contribution in [2.45, 2.75) is 31.6 Å². The molecule has 0 bridgehead atoms. The normalized spacial score (nSPS) is 11.0. The minimum atomic E-state index is 0.307. The monoisotopic (exact) mass is 292 g/mol. The van der Waals surface area contributed by atoms with Gasteiger partial charge in [-0.25, -0.2) is 0 Å². The van der Waals surface area contributed by atoms with E-state index in [4.69, 9.17) is 10.5 Å². The Morgan fingerprint density at radius 2 is 2.00 bits per heavy atom. The molecule has 1 aromatic heterocycles. The minimum Gasteiger partial charge on any atom is -0.493 e. The van der Waals surface area contributed by atoms with Crippen LogP contribution in [-0.2, 0) is 6.54 Å². The second kappa shape index (κ2) is 7.31. The van der Waals surface area contributed by atoms with Crippen molar-refractivity contribution >= 4 is 11.8 Å². The molecule has 0 aliphatic carbocycles. The number of ether oxygens (including phenoxy) is 1. The zero-order valence-corrected chi connectivity index (χ0v) is 12.6. The summed E-state index contributed by atoms with van der Waals surface area (Å²) >= 11 is 1.64. The van der Waals surface area contributed by atoms with Gasteiger partial charge in [0.1, 0.15) is 11.6 Å². The number of thioether (sulfide) groups is 1. The number of benzene rings is 1. The molecule has 0 saturated carbocycles. The summed E-state index contributed by atoms with van der Waals surface area (Å²) < 4.78 is 7.73. The number of para-hydroxylation sites is 1. The molecule has 5 nitrogen and oxygen atoms in total. The van der Waals surface area contributed by atoms with Gasteiger partial charge in [0.25, 0.3) is 0 Å². The summed E-state index contributed by atoms with van der Waals surface area (Å²) in [6.45, 7) is 5.25. The summed E-state index contributed by atoms with van der Waals surface area (Å²) in [7, 11) is 0. The maximum Gasteiger partial charge on any atom is 0.191 e. The maximum absolute atomic E-state index is 5.68. The average molecular weight is 292 g/mol. The summed E-state index contributed by atoms with van der Waals surface area (Å²) in [5.74, 6) is 2.54. The summed E-state index contributed by atoms with van der Waals surface area (Å²) in [4.78, 5) is 0. The van der Waals surface area contributed by atoms with Crippen molar-refractivity contribution in [3.63, 3.8) is 0 Å². The highest BCUT2D eigenvalue weighted by atomic mass is 32.2. The second-order valence-electron chi connectivity index (χ2n) is 4.58. The molecule has 2 aromatic rings. The van der Waals surface area contributed by atoms with E-state index in [0.717, 1.165) is 22.5 Å². The predicted molar refractivity (Wildman–Crippen MR) is 81.0 cm³/mol. The van der Waals surface area contributed by atoms with Gasteiger partial charge in [0, 0.05) is 11.8 Å². The maximum atomic E-state index is 5.68. The second-order valence-corrected chi connectivity index (χ2v) is 5.64. The first-order valence-corrected chi connectivity index (χ1v) is 7.65. The van der Waals surface area contributed by atoms with Crippen molar-refractivity contribution in [3.8, 4) is 5.75 Å². The van der Waals surface area contributed by atoms with E-state index in [0.29, 0.717) is 19.2 Å². The van der Waals surface area contributed by atoms with E-state index in [9.17, 15) is 0 Å². The van der Waals surface area contributed by atoms with E-state index in [1.54, 1.807) is 11.8 Å². The van der Waals surface area contributed by atoms with E-state index in [2.05, 4.69) is 28.6 Å². The Labute approximate surface area is 123 Å². The van der Waals surface area contributed by atoms with Crippen LogP contribution in [0.4, 0.5) is 0 Å². The molecule has 0 atom stereocenters. The fourth-order valence-electron chi connectivity index (χ4n) is 1.87. The quantitative estimate of drug-likeness (QED) is 0.627. The van der Waals surface area contributed by atoms with Gasteiger partial charge in [-0.15, -0.1) is 10.2 Å². The lowest BCUT2D eigenvalue weighted by atomic mass is 10.3. The molecule has 108 valence electrons. The first-order valence-electron chi connectivity index (χ1n) is 6.67. The third-order valence-corrected chi connectivity index (χ3v) is 3.67. The van der Waals surface area contributed by atoms with Crippen molar-refractivity contribution in [3.05, 3.63) is 36.2 Å². The van der Waals surface area contributed by atoms with E-state index < -0.39 is 0 Å². The number of nitrogens with zero attached hydrogens (tertiary/aromatic N) is 3. The van der Waals surface area contributed by atoms with E-state index in [1.807, 2.05) is 30.3 Å². The lowest BCUT2D eigenvalue weighted by Gasteiger charge is -2.12. The highest BCUT2D eigenvalue weighted by Gasteiger charge is 2.13. The van der Waals surface area contributed by atoms with Crippen LogP contribution in [0.25, 0.3) is 0 Å². The first-order chi connectivity index (χ1) is 9.72. The molecule has 0 saturated heterocycles. The Morgan fingerprint density at radius 3 is 2.65 bits per heavy atom. The SMILES string of the molecule is CC(C)n1c(CN)nnc1SCCOc1ccccc1. The number of nitrogens with two attached hydrogens (primary N) is 1. The smallest absolute Gasteiger partial charge is 0.191 e. The molecule has 2 rings (SSSR count). The lowest BCUT2D eigenvalue weighted by molar-refractivity contribution is 0.343. The third-order valence-electron chi connectivity index (χ3n) is 2.76. The predicted octanol–water partition coefficient (Wildman–Crippen LogP) is 2.49. The number of rotatable bonds is 7. The average Bonchev–Trinajstić information content (AvgIpc) is 2.88. The molecule has 0 unspecified atom stereocenters. The molecule has 1 aromatic carbocycles. The van der Waals surface area contributed by atoms with Crippen LogP contribution in [0.2, 0.25) is 0 Å². The van der Waals surface area contributed by atoms with Gasteiger partial charge in [-0.2, -0.15) is 0 Å². The zero-order chi connectivity index (χ0) is 14.4. The number of aromatic nitrogens is 3. The molecular weight excluding hydrogens is 272 g/mol. The number of hydrogen-bond acceptors (Lipinski definition) is 5. The van der Waals surface area contributed by atoms with Gasteiger partial charge in [0.2, 0.25) is 0 Å². The lowest BCUT2D eigenvalue weighted by Crippen LogP contribution is -2.11. The molecule has 0 spiro atoms. The van der Waals surface area contributed by atoms with Crippen molar-refractivity contribution in [1.29, 1.82) is 0 Å². The van der Waals surface area contributed by atoms with Gasteiger partial charge in [0.05, 0.1) is 13.2 Å². The summed E-state index contributed by atoms with van der Waals surface area (Å²) in [6.07, 6.45) is 0. The van der Waals surface area contributed by atoms with Crippen LogP contribution in [0.15, 0.2) is 35.5 Å². The standard InChI is InChI=1S/C14H20N4OS/c1-11(2)18-13(10-15)16-17-14(18)20-9-8-19-12-6-4-3-5-7-12/h3-7,11H,8-10,15H2,1-2H3. The third kappa shape index (κ3) is 3.74. The molecule has 6 heteroatoms. The Bertz CT molecular complexity index is 527. The molecule has 2 N–H and O–H groups in total. The summed E-state index contributed by atoms with van der Waals surface area (Å²) in [5, 5.41) is 9.21. The molecule has 0 fully saturated rings. The van der Waals surface area contributed by atoms with Crippen LogP contribution in [0.5, 0.6) is 5.75 Å². The van der Waals surface area contributed by atoms with Crippen LogP contribution in [0.3, 0.4) is 0 Å². The Morgan fingerprint density at radius 1 is 1.25 bits per heavy atom. The Hall–Kier alpha value is -1.53. The van der Waals surface area contributed by atoms with E-state index in [-0.39, 0.29) is 0 Å².